The van der Waals surface area contributed by atoms with Gasteiger partial charge in [-0.25, -0.2) is 4.79 Å². The van der Waals surface area contributed by atoms with E-state index in [1.165, 1.54) is 11.3 Å². The van der Waals surface area contributed by atoms with Crippen molar-refractivity contribution in [1.82, 2.24) is 5.32 Å². The lowest BCUT2D eigenvalue weighted by atomic mass is 9.54. The summed E-state index contributed by atoms with van der Waals surface area (Å²) in [5.74, 6) is -1.36. The van der Waals surface area contributed by atoms with Crippen LogP contribution in [-0.4, -0.2) is 35.2 Å². The first kappa shape index (κ1) is 16.9. The number of aliphatic carboxylic acids is 1. The Morgan fingerprint density at radius 1 is 1.38 bits per heavy atom. The lowest BCUT2D eigenvalue weighted by Crippen LogP contribution is -2.76. The summed E-state index contributed by atoms with van der Waals surface area (Å²) < 4.78 is 6.63. The second-order valence-corrected chi connectivity index (χ2v) is 7.77. The number of fused-ring (bicyclic) bond motifs is 1. The van der Waals surface area contributed by atoms with E-state index >= 15 is 0 Å². The van der Waals surface area contributed by atoms with Crippen molar-refractivity contribution >= 4 is 33.3 Å². The molecular formula is C18H21NO4S. The molecule has 24 heavy (non-hydrogen) atoms. The Bertz CT molecular complexity index is 764. The van der Waals surface area contributed by atoms with Crippen molar-refractivity contribution in [3.8, 4) is 0 Å². The SMILES string of the molecule is CCO[C@H]1C[C@@](NC(=O)c2cc3ccccc3s2)(C(=O)O)C1(C)C. The number of benzene rings is 1. The summed E-state index contributed by atoms with van der Waals surface area (Å²) in [5, 5.41) is 13.5. The van der Waals surface area contributed by atoms with Crippen LogP contribution in [0, 0.1) is 5.41 Å². The second kappa shape index (κ2) is 5.86. The van der Waals surface area contributed by atoms with Crippen molar-refractivity contribution in [1.29, 1.82) is 0 Å². The normalized spacial score (nSPS) is 25.2. The molecule has 2 atom stereocenters. The van der Waals surface area contributed by atoms with Gasteiger partial charge in [0.25, 0.3) is 5.91 Å². The zero-order valence-corrected chi connectivity index (χ0v) is 14.8. The molecule has 1 saturated carbocycles. The van der Waals surface area contributed by atoms with Crippen LogP contribution in [0.15, 0.2) is 30.3 Å². The first-order valence-electron chi connectivity index (χ1n) is 7.98. The molecule has 5 nitrogen and oxygen atoms in total. The standard InChI is InChI=1S/C18H21NO4S/c1-4-23-14-10-18(16(21)22,17(14,2)3)19-15(20)13-9-11-7-5-6-8-12(11)24-13/h5-9,14H,4,10H2,1-3H3,(H,19,20)(H,21,22)/t14-,18+/m0/s1. The molecule has 2 N–H and O–H groups in total. The van der Waals surface area contributed by atoms with Crippen LogP contribution < -0.4 is 5.32 Å². The Morgan fingerprint density at radius 2 is 2.08 bits per heavy atom. The van der Waals surface area contributed by atoms with Crippen LogP contribution in [-0.2, 0) is 9.53 Å². The fraction of sp³-hybridized carbons (Fsp3) is 0.444. The van der Waals surface area contributed by atoms with E-state index in [9.17, 15) is 14.7 Å². The first-order valence-corrected chi connectivity index (χ1v) is 8.79. The predicted molar refractivity (Wildman–Crippen MR) is 93.5 cm³/mol. The molecule has 1 heterocycles. The predicted octanol–water partition coefficient (Wildman–Crippen LogP) is 3.29. The molecule has 0 aliphatic heterocycles. The third kappa shape index (κ3) is 2.41. The number of carboxylic acids is 1. The van der Waals surface area contributed by atoms with Crippen LogP contribution in [0.5, 0.6) is 0 Å². The van der Waals surface area contributed by atoms with Gasteiger partial charge in [-0.1, -0.05) is 32.0 Å². The van der Waals surface area contributed by atoms with Crippen molar-refractivity contribution in [3.63, 3.8) is 0 Å². The number of carboxylic acid groups (broad SMARTS) is 1. The van der Waals surface area contributed by atoms with Gasteiger partial charge in [0, 0.05) is 23.1 Å². The van der Waals surface area contributed by atoms with Crippen LogP contribution in [0.25, 0.3) is 10.1 Å². The van der Waals surface area contributed by atoms with Gasteiger partial charge in [-0.2, -0.15) is 0 Å². The summed E-state index contributed by atoms with van der Waals surface area (Å²) in [5.41, 5.74) is -1.98. The van der Waals surface area contributed by atoms with Gasteiger partial charge in [0.2, 0.25) is 0 Å². The molecule has 0 saturated heterocycles. The Morgan fingerprint density at radius 3 is 2.67 bits per heavy atom. The van der Waals surface area contributed by atoms with Gasteiger partial charge in [-0.15, -0.1) is 11.3 Å². The molecule has 6 heteroatoms. The smallest absolute Gasteiger partial charge is 0.330 e. The minimum Gasteiger partial charge on any atom is -0.479 e. The number of rotatable bonds is 5. The quantitative estimate of drug-likeness (QED) is 0.870. The molecular weight excluding hydrogens is 326 g/mol. The maximum absolute atomic E-state index is 12.7. The highest BCUT2D eigenvalue weighted by atomic mass is 32.1. The number of carbonyl (C=O) groups excluding carboxylic acids is 1. The Hall–Kier alpha value is -1.92. The third-order valence-corrected chi connectivity index (χ3v) is 6.22. The summed E-state index contributed by atoms with van der Waals surface area (Å²) in [6.45, 7) is 6.06. The number of hydrogen-bond donors (Lipinski definition) is 2. The van der Waals surface area contributed by atoms with Crippen molar-refractivity contribution in [2.45, 2.75) is 38.8 Å². The van der Waals surface area contributed by atoms with E-state index in [1.54, 1.807) is 6.07 Å². The highest BCUT2D eigenvalue weighted by Crippen LogP contribution is 2.51. The van der Waals surface area contributed by atoms with Crippen molar-refractivity contribution in [3.05, 3.63) is 35.2 Å². The lowest BCUT2D eigenvalue weighted by Gasteiger charge is -2.58. The molecule has 1 aliphatic carbocycles. The van der Waals surface area contributed by atoms with Gasteiger partial charge in [-0.3, -0.25) is 4.79 Å². The number of hydrogen-bond acceptors (Lipinski definition) is 4. The van der Waals surface area contributed by atoms with Crippen LogP contribution in [0.2, 0.25) is 0 Å². The van der Waals surface area contributed by atoms with E-state index in [-0.39, 0.29) is 18.4 Å². The molecule has 1 aliphatic rings. The minimum absolute atomic E-state index is 0.179. The van der Waals surface area contributed by atoms with Crippen molar-refractivity contribution in [2.75, 3.05) is 6.61 Å². The maximum Gasteiger partial charge on any atom is 0.330 e. The highest BCUT2D eigenvalue weighted by Gasteiger charge is 2.66. The summed E-state index contributed by atoms with van der Waals surface area (Å²) in [6.07, 6.45) is 0.0982. The first-order chi connectivity index (χ1) is 11.3. The summed E-state index contributed by atoms with van der Waals surface area (Å²) in [4.78, 5) is 25.1. The Labute approximate surface area is 144 Å². The van der Waals surface area contributed by atoms with Gasteiger partial charge in [0.1, 0.15) is 5.54 Å². The van der Waals surface area contributed by atoms with Crippen molar-refractivity contribution in [2.24, 2.45) is 5.41 Å². The molecule has 0 spiro atoms. The summed E-state index contributed by atoms with van der Waals surface area (Å²) in [7, 11) is 0. The molecule has 0 radical (unpaired) electrons. The highest BCUT2D eigenvalue weighted by molar-refractivity contribution is 7.20. The van der Waals surface area contributed by atoms with E-state index in [4.69, 9.17) is 4.74 Å². The van der Waals surface area contributed by atoms with Crippen LogP contribution in [0.1, 0.15) is 36.9 Å². The fourth-order valence-corrected chi connectivity index (χ4v) is 4.34. The molecule has 2 aromatic rings. The van der Waals surface area contributed by atoms with Gasteiger partial charge >= 0.3 is 5.97 Å². The molecule has 1 aromatic heterocycles. The molecule has 0 unspecified atom stereocenters. The Balaban J connectivity index is 1.87. The fourth-order valence-electron chi connectivity index (χ4n) is 3.39. The molecule has 128 valence electrons. The monoisotopic (exact) mass is 347 g/mol. The zero-order chi connectivity index (χ0) is 17.5. The van der Waals surface area contributed by atoms with Gasteiger partial charge < -0.3 is 15.2 Å². The minimum atomic E-state index is -1.31. The van der Waals surface area contributed by atoms with E-state index in [0.717, 1.165) is 10.1 Å². The van der Waals surface area contributed by atoms with E-state index in [0.29, 0.717) is 11.5 Å². The topological polar surface area (TPSA) is 75.6 Å². The Kier molecular flexibility index (Phi) is 4.13. The molecule has 3 rings (SSSR count). The van der Waals surface area contributed by atoms with Gasteiger partial charge in [0.05, 0.1) is 11.0 Å². The summed E-state index contributed by atoms with van der Waals surface area (Å²) in [6, 6.07) is 9.52. The summed E-state index contributed by atoms with van der Waals surface area (Å²) >= 11 is 1.37. The number of carbonyl (C=O) groups is 2. The van der Waals surface area contributed by atoms with Crippen molar-refractivity contribution < 1.29 is 19.4 Å². The third-order valence-electron chi connectivity index (χ3n) is 5.11. The average molecular weight is 347 g/mol. The van der Waals surface area contributed by atoms with E-state index in [1.807, 2.05) is 45.0 Å². The molecule has 1 fully saturated rings. The largest absolute Gasteiger partial charge is 0.479 e. The number of thiophene rings is 1. The second-order valence-electron chi connectivity index (χ2n) is 6.68. The number of ether oxygens (including phenoxy) is 1. The van der Waals surface area contributed by atoms with Gasteiger partial charge in [-0.05, 0) is 24.4 Å². The number of amides is 1. The molecule has 1 amide bonds. The van der Waals surface area contributed by atoms with E-state index < -0.39 is 16.9 Å². The molecule has 1 aromatic carbocycles. The zero-order valence-electron chi connectivity index (χ0n) is 14.0. The van der Waals surface area contributed by atoms with Crippen LogP contribution in [0.3, 0.4) is 0 Å². The van der Waals surface area contributed by atoms with Crippen LogP contribution >= 0.6 is 11.3 Å². The van der Waals surface area contributed by atoms with Gasteiger partial charge in [0.15, 0.2) is 0 Å². The van der Waals surface area contributed by atoms with E-state index in [2.05, 4.69) is 5.32 Å². The average Bonchev–Trinajstić information content (AvgIpc) is 2.97. The molecule has 0 bridgehead atoms. The lowest BCUT2D eigenvalue weighted by molar-refractivity contribution is -0.190. The van der Waals surface area contributed by atoms with Crippen LogP contribution in [0.4, 0.5) is 0 Å². The number of nitrogens with one attached hydrogen (secondary N) is 1. The maximum atomic E-state index is 12.7.